The lowest BCUT2D eigenvalue weighted by atomic mass is 10.2. The number of imidazole rings is 1. The fourth-order valence-corrected chi connectivity index (χ4v) is 1.87. The van der Waals surface area contributed by atoms with Gasteiger partial charge in [-0.05, 0) is 40.2 Å². The summed E-state index contributed by atoms with van der Waals surface area (Å²) in [5.74, 6) is 0. The van der Waals surface area contributed by atoms with E-state index in [9.17, 15) is 13.2 Å². The summed E-state index contributed by atoms with van der Waals surface area (Å²) in [4.78, 5) is 3.39. The van der Waals surface area contributed by atoms with Gasteiger partial charge in [-0.25, -0.2) is 4.98 Å². The monoisotopic (exact) mass is 315 g/mol. The van der Waals surface area contributed by atoms with Gasteiger partial charge < -0.3 is 0 Å². The average molecular weight is 316 g/mol. The first-order valence-corrected chi connectivity index (χ1v) is 5.54. The smallest absolute Gasteiger partial charge is 0.294 e. The van der Waals surface area contributed by atoms with E-state index < -0.39 is 11.9 Å². The minimum atomic E-state index is -4.49. The lowest BCUT2D eigenvalue weighted by Crippen LogP contribution is -2.04. The molecule has 0 spiro atoms. The van der Waals surface area contributed by atoms with Crippen LogP contribution in [0.5, 0.6) is 0 Å². The zero-order chi connectivity index (χ0) is 13.3. The van der Waals surface area contributed by atoms with Crippen LogP contribution in [0.3, 0.4) is 0 Å². The molecule has 2 aromatic rings. The minimum Gasteiger partial charge on any atom is -0.294 e. The number of halogens is 4. The van der Waals surface area contributed by atoms with Crippen molar-refractivity contribution in [3.8, 4) is 11.8 Å². The summed E-state index contributed by atoms with van der Waals surface area (Å²) in [6.45, 7) is 0. The van der Waals surface area contributed by atoms with Crippen molar-refractivity contribution in [2.24, 2.45) is 0 Å². The van der Waals surface area contributed by atoms with Crippen molar-refractivity contribution in [3.63, 3.8) is 0 Å². The van der Waals surface area contributed by atoms with Gasteiger partial charge in [-0.15, -0.1) is 0 Å². The van der Waals surface area contributed by atoms with Gasteiger partial charge in [0.25, 0.3) is 0 Å². The van der Waals surface area contributed by atoms with Crippen LogP contribution in [0.2, 0.25) is 0 Å². The number of aromatic nitrogens is 2. The van der Waals surface area contributed by atoms with Gasteiger partial charge in [0, 0.05) is 11.9 Å². The molecule has 1 heterocycles. The summed E-state index contributed by atoms with van der Waals surface area (Å²) >= 11 is 2.97. The third kappa shape index (κ3) is 2.38. The number of alkyl halides is 3. The van der Waals surface area contributed by atoms with Crippen LogP contribution in [0.15, 0.2) is 35.2 Å². The van der Waals surface area contributed by atoms with Gasteiger partial charge in [0.05, 0.1) is 11.6 Å². The molecule has 0 atom stereocenters. The maximum absolute atomic E-state index is 12.5. The molecule has 0 aliphatic carbocycles. The van der Waals surface area contributed by atoms with Crippen LogP contribution in [0.4, 0.5) is 13.2 Å². The van der Waals surface area contributed by atoms with E-state index in [0.717, 1.165) is 6.20 Å². The molecule has 0 N–H and O–H groups in total. The van der Waals surface area contributed by atoms with Gasteiger partial charge in [-0.2, -0.15) is 18.4 Å². The molecule has 0 bridgehead atoms. The van der Waals surface area contributed by atoms with Crippen LogP contribution in [-0.4, -0.2) is 9.55 Å². The van der Waals surface area contributed by atoms with Crippen molar-refractivity contribution >= 4 is 15.9 Å². The lowest BCUT2D eigenvalue weighted by molar-refractivity contribution is -0.141. The third-order valence-corrected chi connectivity index (χ3v) is 2.79. The Kier molecular flexibility index (Phi) is 3.13. The molecule has 92 valence electrons. The molecular weight excluding hydrogens is 311 g/mol. The van der Waals surface area contributed by atoms with Crippen molar-refractivity contribution in [1.29, 1.82) is 5.26 Å². The molecule has 0 aliphatic heterocycles. The van der Waals surface area contributed by atoms with E-state index in [0.29, 0.717) is 11.3 Å². The number of nitriles is 1. The van der Waals surface area contributed by atoms with E-state index in [1.807, 2.05) is 6.07 Å². The Bertz CT molecular complexity index is 608. The second kappa shape index (κ2) is 4.46. The van der Waals surface area contributed by atoms with Gasteiger partial charge in [-0.1, -0.05) is 0 Å². The molecule has 0 aliphatic rings. The van der Waals surface area contributed by atoms with E-state index in [2.05, 4.69) is 20.9 Å². The predicted molar refractivity (Wildman–Crippen MR) is 61.0 cm³/mol. The quantitative estimate of drug-likeness (QED) is 0.808. The molecule has 1 aromatic heterocycles. The number of hydrogen-bond acceptors (Lipinski definition) is 2. The molecule has 0 amide bonds. The van der Waals surface area contributed by atoms with Crippen LogP contribution < -0.4 is 0 Å². The molecule has 0 saturated carbocycles. The van der Waals surface area contributed by atoms with Crippen molar-refractivity contribution in [3.05, 3.63) is 46.5 Å². The zero-order valence-electron chi connectivity index (χ0n) is 8.74. The van der Waals surface area contributed by atoms with Crippen LogP contribution in [0, 0.1) is 11.3 Å². The minimum absolute atomic E-state index is 0.0551. The Morgan fingerprint density at radius 1 is 1.22 bits per heavy atom. The molecule has 18 heavy (non-hydrogen) atoms. The van der Waals surface area contributed by atoms with Crippen LogP contribution in [0.1, 0.15) is 11.3 Å². The molecule has 0 saturated heterocycles. The van der Waals surface area contributed by atoms with E-state index in [-0.39, 0.29) is 4.73 Å². The first-order valence-electron chi connectivity index (χ1n) is 4.74. The van der Waals surface area contributed by atoms with E-state index in [1.54, 1.807) is 12.1 Å². The Morgan fingerprint density at radius 2 is 1.83 bits per heavy atom. The molecule has 2 rings (SSSR count). The normalized spacial score (nSPS) is 11.3. The SMILES string of the molecule is N#Cc1ccc(-n2cc(C(F)(F)F)nc2Br)cc1. The number of benzene rings is 1. The zero-order valence-corrected chi connectivity index (χ0v) is 10.3. The molecule has 0 unspecified atom stereocenters. The van der Waals surface area contributed by atoms with Crippen molar-refractivity contribution in [1.82, 2.24) is 9.55 Å². The van der Waals surface area contributed by atoms with Gasteiger partial charge in [0.1, 0.15) is 0 Å². The van der Waals surface area contributed by atoms with Crippen LogP contribution in [-0.2, 0) is 6.18 Å². The number of nitrogens with zero attached hydrogens (tertiary/aromatic N) is 3. The van der Waals surface area contributed by atoms with Crippen LogP contribution >= 0.6 is 15.9 Å². The standard InChI is InChI=1S/C11H5BrF3N3/c12-10-17-9(11(13,14)15)6-18(10)8-3-1-7(5-16)2-4-8/h1-4,6H. The summed E-state index contributed by atoms with van der Waals surface area (Å²) in [6, 6.07) is 8.07. The van der Waals surface area contributed by atoms with Gasteiger partial charge >= 0.3 is 6.18 Å². The van der Waals surface area contributed by atoms with Crippen molar-refractivity contribution in [2.45, 2.75) is 6.18 Å². The topological polar surface area (TPSA) is 41.6 Å². The maximum Gasteiger partial charge on any atom is 0.434 e. The molecular formula is C11H5BrF3N3. The summed E-state index contributed by atoms with van der Waals surface area (Å²) in [5, 5.41) is 8.64. The van der Waals surface area contributed by atoms with E-state index in [1.165, 1.54) is 16.7 Å². The summed E-state index contributed by atoms with van der Waals surface area (Å²) in [6.07, 6.45) is -3.59. The van der Waals surface area contributed by atoms with Crippen molar-refractivity contribution < 1.29 is 13.2 Å². The molecule has 3 nitrogen and oxygen atoms in total. The average Bonchev–Trinajstić information content (AvgIpc) is 2.71. The maximum atomic E-state index is 12.5. The second-order valence-corrected chi connectivity index (χ2v) is 4.13. The Labute approximate surface area is 109 Å². The van der Waals surface area contributed by atoms with Crippen molar-refractivity contribution in [2.75, 3.05) is 0 Å². The van der Waals surface area contributed by atoms with Gasteiger partial charge in [0.15, 0.2) is 10.4 Å². The molecule has 7 heteroatoms. The predicted octanol–water partition coefficient (Wildman–Crippen LogP) is 3.53. The Morgan fingerprint density at radius 3 is 2.28 bits per heavy atom. The highest BCUT2D eigenvalue weighted by Crippen LogP contribution is 2.30. The fraction of sp³-hybridized carbons (Fsp3) is 0.0909. The molecule has 0 radical (unpaired) electrons. The second-order valence-electron chi connectivity index (χ2n) is 3.42. The highest BCUT2D eigenvalue weighted by molar-refractivity contribution is 9.10. The first kappa shape index (κ1) is 12.6. The highest BCUT2D eigenvalue weighted by Gasteiger charge is 2.34. The number of hydrogen-bond donors (Lipinski definition) is 0. The molecule has 0 fully saturated rings. The first-order chi connectivity index (χ1) is 8.41. The molecule has 1 aromatic carbocycles. The number of rotatable bonds is 1. The Balaban J connectivity index is 2.45. The fourth-order valence-electron chi connectivity index (χ4n) is 1.37. The highest BCUT2D eigenvalue weighted by atomic mass is 79.9. The Hall–Kier alpha value is -1.81. The lowest BCUT2D eigenvalue weighted by Gasteiger charge is -2.03. The summed E-state index contributed by atoms with van der Waals surface area (Å²) < 4.78 is 38.7. The van der Waals surface area contributed by atoms with Crippen LogP contribution in [0.25, 0.3) is 5.69 Å². The summed E-state index contributed by atoms with van der Waals surface area (Å²) in [5.41, 5.74) is -0.0476. The third-order valence-electron chi connectivity index (χ3n) is 2.23. The van der Waals surface area contributed by atoms with Gasteiger partial charge in [0.2, 0.25) is 0 Å². The van der Waals surface area contributed by atoms with E-state index in [4.69, 9.17) is 5.26 Å². The largest absolute Gasteiger partial charge is 0.434 e. The van der Waals surface area contributed by atoms with E-state index >= 15 is 0 Å². The summed E-state index contributed by atoms with van der Waals surface area (Å²) in [7, 11) is 0. The van der Waals surface area contributed by atoms with Gasteiger partial charge in [-0.3, -0.25) is 4.57 Å².